The zero-order valence-corrected chi connectivity index (χ0v) is 21.5. The first-order valence-electron chi connectivity index (χ1n) is 11.4. The maximum Gasteiger partial charge on any atom is 0.248 e. The van der Waals surface area contributed by atoms with Gasteiger partial charge in [-0.1, -0.05) is 32.9 Å². The van der Waals surface area contributed by atoms with E-state index in [2.05, 4.69) is 63.0 Å². The normalized spacial score (nSPS) is 18.6. The molecule has 0 bridgehead atoms. The van der Waals surface area contributed by atoms with Gasteiger partial charge < -0.3 is 14.1 Å². The molecule has 174 valence electrons. The number of benzene rings is 1. The fraction of sp³-hybridized carbons (Fsp3) is 0.500. The summed E-state index contributed by atoms with van der Waals surface area (Å²) in [6.45, 7) is 24.1. The Morgan fingerprint density at radius 1 is 1.22 bits per heavy atom. The summed E-state index contributed by atoms with van der Waals surface area (Å²) < 4.78 is 13.3. The summed E-state index contributed by atoms with van der Waals surface area (Å²) in [5, 5.41) is 1.10. The van der Waals surface area contributed by atoms with Crippen molar-refractivity contribution < 1.29 is 9.16 Å². The maximum atomic E-state index is 11.9. The van der Waals surface area contributed by atoms with E-state index in [1.165, 1.54) is 5.56 Å². The van der Waals surface area contributed by atoms with E-state index in [-0.39, 0.29) is 22.6 Å². The van der Waals surface area contributed by atoms with Gasteiger partial charge in [0.2, 0.25) is 5.56 Å². The summed E-state index contributed by atoms with van der Waals surface area (Å²) in [5.41, 5.74) is 2.96. The van der Waals surface area contributed by atoms with E-state index < -0.39 is 8.32 Å². The van der Waals surface area contributed by atoms with Gasteiger partial charge in [0.25, 0.3) is 0 Å². The summed E-state index contributed by atoms with van der Waals surface area (Å²) >= 11 is 0. The summed E-state index contributed by atoms with van der Waals surface area (Å²) in [6.07, 6.45) is 3.78. The van der Waals surface area contributed by atoms with Gasteiger partial charge in [-0.05, 0) is 42.8 Å². The quantitative estimate of drug-likeness (QED) is 0.408. The third kappa shape index (κ3) is 4.92. The van der Waals surface area contributed by atoms with Gasteiger partial charge in [0, 0.05) is 49.2 Å². The average molecular weight is 455 g/mol. The highest BCUT2D eigenvalue weighted by molar-refractivity contribution is 6.74. The predicted molar refractivity (Wildman–Crippen MR) is 136 cm³/mol. The number of aromatic nitrogens is 1. The number of rotatable bonds is 9. The SMILES string of the molecule is C=CCN(CC=C)CC1Oc2c(cc(C)c3[nH]c(=O)ccc23)C1CO[Si](C)(C)C(C)(C)C. The largest absolute Gasteiger partial charge is 0.487 e. The summed E-state index contributed by atoms with van der Waals surface area (Å²) in [4.78, 5) is 17.2. The highest BCUT2D eigenvalue weighted by atomic mass is 28.4. The Labute approximate surface area is 193 Å². The van der Waals surface area contributed by atoms with Crippen molar-refractivity contribution in [2.45, 2.75) is 57.8 Å². The molecular formula is C26H38N2O3Si. The number of nitrogens with one attached hydrogen (secondary N) is 1. The van der Waals surface area contributed by atoms with Crippen molar-refractivity contribution in [1.82, 2.24) is 9.88 Å². The number of hydrogen-bond acceptors (Lipinski definition) is 4. The van der Waals surface area contributed by atoms with Crippen LogP contribution in [-0.2, 0) is 4.43 Å². The molecule has 1 N–H and O–H groups in total. The van der Waals surface area contributed by atoms with Crippen LogP contribution in [0.1, 0.15) is 37.8 Å². The van der Waals surface area contributed by atoms with E-state index in [4.69, 9.17) is 9.16 Å². The third-order valence-electron chi connectivity index (χ3n) is 6.95. The van der Waals surface area contributed by atoms with Crippen LogP contribution in [0.3, 0.4) is 0 Å². The maximum absolute atomic E-state index is 11.9. The van der Waals surface area contributed by atoms with Crippen LogP contribution in [0.25, 0.3) is 10.9 Å². The minimum Gasteiger partial charge on any atom is -0.487 e. The topological polar surface area (TPSA) is 54.6 Å². The number of ether oxygens (including phenoxy) is 1. The third-order valence-corrected chi connectivity index (χ3v) is 11.5. The molecule has 1 aromatic heterocycles. The van der Waals surface area contributed by atoms with E-state index in [0.717, 1.165) is 41.9 Å². The van der Waals surface area contributed by atoms with Crippen molar-refractivity contribution >= 4 is 19.2 Å². The van der Waals surface area contributed by atoms with Gasteiger partial charge >= 0.3 is 0 Å². The first kappa shape index (κ1) is 24.5. The van der Waals surface area contributed by atoms with Gasteiger partial charge in [0.15, 0.2) is 8.32 Å². The Morgan fingerprint density at radius 3 is 2.47 bits per heavy atom. The van der Waals surface area contributed by atoms with Crippen LogP contribution >= 0.6 is 0 Å². The molecule has 1 aliphatic heterocycles. The van der Waals surface area contributed by atoms with Gasteiger partial charge in [0.05, 0.1) is 5.52 Å². The Hall–Kier alpha value is -2.15. The first-order valence-corrected chi connectivity index (χ1v) is 14.3. The number of pyridine rings is 1. The van der Waals surface area contributed by atoms with E-state index in [9.17, 15) is 4.79 Å². The lowest BCUT2D eigenvalue weighted by atomic mass is 9.93. The second-order valence-corrected chi connectivity index (χ2v) is 15.2. The number of aromatic amines is 1. The van der Waals surface area contributed by atoms with Gasteiger partial charge in [-0.2, -0.15) is 0 Å². The van der Waals surface area contributed by atoms with Crippen molar-refractivity contribution in [2.24, 2.45) is 0 Å². The molecule has 0 saturated heterocycles. The molecular weight excluding hydrogens is 416 g/mol. The van der Waals surface area contributed by atoms with Crippen LogP contribution in [0.4, 0.5) is 0 Å². The molecule has 1 aromatic carbocycles. The molecule has 0 spiro atoms. The van der Waals surface area contributed by atoms with E-state index in [1.807, 2.05) is 25.1 Å². The van der Waals surface area contributed by atoms with Crippen molar-refractivity contribution in [3.8, 4) is 5.75 Å². The standard InChI is InChI=1S/C26H38N2O3Si/c1-9-13-28(14-10-2)16-22-21(17-30-32(7,8)26(4,5)6)20-15-18(3)24-19(25(20)31-22)11-12-23(29)27-24/h9-12,15,21-22H,1-2,13-14,16-17H2,3-8H3,(H,27,29). The van der Waals surface area contributed by atoms with E-state index in [1.54, 1.807) is 6.07 Å². The number of aryl methyl sites for hydroxylation is 1. The molecule has 1 aliphatic rings. The van der Waals surface area contributed by atoms with Gasteiger partial charge in [-0.15, -0.1) is 13.2 Å². The smallest absolute Gasteiger partial charge is 0.248 e. The number of hydrogen-bond donors (Lipinski definition) is 1. The number of nitrogens with zero attached hydrogens (tertiary/aromatic N) is 1. The van der Waals surface area contributed by atoms with Crippen LogP contribution in [0.15, 0.2) is 48.3 Å². The molecule has 0 radical (unpaired) electrons. The Balaban J connectivity index is 2.01. The van der Waals surface area contributed by atoms with Crippen LogP contribution in [-0.4, -0.2) is 50.5 Å². The molecule has 6 heteroatoms. The van der Waals surface area contributed by atoms with Crippen LogP contribution < -0.4 is 10.3 Å². The lowest BCUT2D eigenvalue weighted by Gasteiger charge is -2.37. The van der Waals surface area contributed by atoms with Crippen molar-refractivity contribution in [3.05, 3.63) is 65.0 Å². The van der Waals surface area contributed by atoms with Crippen LogP contribution in [0.5, 0.6) is 5.75 Å². The van der Waals surface area contributed by atoms with Crippen molar-refractivity contribution in [2.75, 3.05) is 26.2 Å². The molecule has 2 heterocycles. The van der Waals surface area contributed by atoms with Crippen LogP contribution in [0, 0.1) is 6.92 Å². The fourth-order valence-electron chi connectivity index (χ4n) is 4.06. The Bertz CT molecular complexity index is 1040. The Morgan fingerprint density at radius 2 is 1.88 bits per heavy atom. The lowest BCUT2D eigenvalue weighted by Crippen LogP contribution is -2.44. The van der Waals surface area contributed by atoms with E-state index in [0.29, 0.717) is 6.61 Å². The molecule has 0 amide bonds. The minimum atomic E-state index is -1.92. The number of fused-ring (bicyclic) bond motifs is 3. The molecule has 0 aliphatic carbocycles. The molecule has 32 heavy (non-hydrogen) atoms. The van der Waals surface area contributed by atoms with Crippen LogP contribution in [0.2, 0.25) is 18.1 Å². The summed E-state index contributed by atoms with van der Waals surface area (Å²) in [6, 6.07) is 5.61. The Kier molecular flexibility index (Phi) is 7.17. The first-order chi connectivity index (χ1) is 15.0. The molecule has 2 unspecified atom stereocenters. The molecule has 2 atom stereocenters. The predicted octanol–water partition coefficient (Wildman–Crippen LogP) is 5.38. The molecule has 3 rings (SSSR count). The molecule has 0 saturated carbocycles. The highest BCUT2D eigenvalue weighted by Gasteiger charge is 2.42. The van der Waals surface area contributed by atoms with E-state index >= 15 is 0 Å². The number of H-pyrrole nitrogens is 1. The lowest BCUT2D eigenvalue weighted by molar-refractivity contribution is 0.122. The monoisotopic (exact) mass is 454 g/mol. The zero-order chi connectivity index (χ0) is 23.7. The molecule has 0 fully saturated rings. The zero-order valence-electron chi connectivity index (χ0n) is 20.5. The minimum absolute atomic E-state index is 0.0494. The summed E-state index contributed by atoms with van der Waals surface area (Å²) in [7, 11) is -1.92. The van der Waals surface area contributed by atoms with Gasteiger partial charge in [-0.25, -0.2) is 0 Å². The van der Waals surface area contributed by atoms with Gasteiger partial charge in [0.1, 0.15) is 11.9 Å². The molecule has 5 nitrogen and oxygen atoms in total. The fourth-order valence-corrected chi connectivity index (χ4v) is 5.09. The highest BCUT2D eigenvalue weighted by Crippen LogP contribution is 2.45. The second-order valence-electron chi connectivity index (χ2n) is 10.4. The second kappa shape index (κ2) is 9.38. The van der Waals surface area contributed by atoms with Crippen molar-refractivity contribution in [1.29, 1.82) is 0 Å². The van der Waals surface area contributed by atoms with Crippen molar-refractivity contribution in [3.63, 3.8) is 0 Å². The average Bonchev–Trinajstić information content (AvgIpc) is 3.03. The summed E-state index contributed by atoms with van der Waals surface area (Å²) in [5.74, 6) is 0.985. The van der Waals surface area contributed by atoms with Gasteiger partial charge in [-0.3, -0.25) is 9.69 Å². The molecule has 2 aromatic rings.